The second kappa shape index (κ2) is 14.3. The number of ether oxygens (including phenoxy) is 3. The maximum Gasteiger partial charge on any atom is 0.225 e. The predicted octanol–water partition coefficient (Wildman–Crippen LogP) is 3.39. The molecule has 39 heavy (non-hydrogen) atoms. The normalized spacial score (nSPS) is 22.3. The third-order valence-electron chi connectivity index (χ3n) is 7.49. The highest BCUT2D eigenvalue weighted by Gasteiger charge is 2.26. The molecule has 3 fully saturated rings. The minimum atomic E-state index is -0.285. The van der Waals surface area contributed by atoms with Crippen LogP contribution in [0, 0.1) is 0 Å². The van der Waals surface area contributed by atoms with Gasteiger partial charge in [0, 0.05) is 75.9 Å². The maximum absolute atomic E-state index is 12.5. The number of piperazine rings is 1. The Morgan fingerprint density at radius 3 is 2.46 bits per heavy atom. The molecule has 0 bridgehead atoms. The molecule has 0 spiro atoms. The highest BCUT2D eigenvalue weighted by Crippen LogP contribution is 2.18. The summed E-state index contributed by atoms with van der Waals surface area (Å²) in [6.07, 6.45) is 10.4. The van der Waals surface area contributed by atoms with E-state index in [-0.39, 0.29) is 24.7 Å². The molecule has 0 aliphatic carbocycles. The van der Waals surface area contributed by atoms with Crippen LogP contribution in [-0.2, 0) is 14.2 Å². The van der Waals surface area contributed by atoms with Gasteiger partial charge in [-0.2, -0.15) is 0 Å². The number of Topliss-reactive ketones (excluding diaryl/α,β-unsaturated/α-hetero) is 1. The third-order valence-corrected chi connectivity index (χ3v) is 7.75. The largest absolute Gasteiger partial charge is 0.379 e. The van der Waals surface area contributed by atoms with Crippen LogP contribution in [0.2, 0.25) is 5.02 Å². The quantitative estimate of drug-likeness (QED) is 0.410. The summed E-state index contributed by atoms with van der Waals surface area (Å²) in [4.78, 5) is 28.7. The van der Waals surface area contributed by atoms with Gasteiger partial charge in [-0.05, 0) is 37.0 Å². The second-order valence-corrected chi connectivity index (χ2v) is 10.7. The lowest BCUT2D eigenvalue weighted by Crippen LogP contribution is -2.54. The fourth-order valence-electron chi connectivity index (χ4n) is 5.12. The van der Waals surface area contributed by atoms with Crippen LogP contribution < -0.4 is 4.90 Å². The number of ketones is 1. The molecule has 2 unspecified atom stereocenters. The zero-order valence-corrected chi connectivity index (χ0v) is 23.2. The number of benzene rings is 1. The van der Waals surface area contributed by atoms with Crippen LogP contribution in [0.5, 0.6) is 0 Å². The van der Waals surface area contributed by atoms with Crippen LogP contribution in [-0.4, -0.2) is 110 Å². The molecule has 1 aromatic heterocycles. The first-order valence-corrected chi connectivity index (χ1v) is 14.3. The van der Waals surface area contributed by atoms with Gasteiger partial charge in [0.15, 0.2) is 12.1 Å². The lowest BCUT2D eigenvalue weighted by Gasteiger charge is -2.40. The SMILES string of the molecule is O=C(COC1CCCCO1)c1cnc(N2CCN(C(/C=C/c3ccc(Cl)cc3)CN3CCOCC3)CC2)nc1. The molecule has 2 aromatic rings. The van der Waals surface area contributed by atoms with Gasteiger partial charge in [-0.1, -0.05) is 35.9 Å². The number of carbonyl (C=O) groups is 1. The molecule has 0 radical (unpaired) electrons. The molecule has 9 nitrogen and oxygen atoms in total. The molecule has 0 saturated carbocycles. The van der Waals surface area contributed by atoms with Crippen molar-refractivity contribution in [3.63, 3.8) is 0 Å². The van der Waals surface area contributed by atoms with Crippen molar-refractivity contribution in [3.8, 4) is 0 Å². The van der Waals surface area contributed by atoms with Gasteiger partial charge in [-0.15, -0.1) is 0 Å². The fourth-order valence-corrected chi connectivity index (χ4v) is 5.25. The number of aromatic nitrogens is 2. The summed E-state index contributed by atoms with van der Waals surface area (Å²) in [6, 6.07) is 8.23. The van der Waals surface area contributed by atoms with Crippen LogP contribution in [0.4, 0.5) is 5.95 Å². The molecule has 5 rings (SSSR count). The number of hydrogen-bond donors (Lipinski definition) is 0. The Labute approximate surface area is 235 Å². The highest BCUT2D eigenvalue weighted by atomic mass is 35.5. The third kappa shape index (κ3) is 8.30. The van der Waals surface area contributed by atoms with E-state index in [0.717, 1.165) is 88.9 Å². The number of morpholine rings is 1. The smallest absolute Gasteiger partial charge is 0.225 e. The molecule has 2 atom stereocenters. The van der Waals surface area contributed by atoms with Gasteiger partial charge in [0.05, 0.1) is 18.8 Å². The van der Waals surface area contributed by atoms with Gasteiger partial charge in [0.25, 0.3) is 0 Å². The molecular weight excluding hydrogens is 518 g/mol. The first kappa shape index (κ1) is 28.1. The number of nitrogens with zero attached hydrogens (tertiary/aromatic N) is 5. The molecule has 10 heteroatoms. The van der Waals surface area contributed by atoms with Crippen molar-refractivity contribution >= 4 is 29.4 Å². The summed E-state index contributed by atoms with van der Waals surface area (Å²) < 4.78 is 16.7. The molecule has 4 heterocycles. The van der Waals surface area contributed by atoms with Gasteiger partial charge in [0.2, 0.25) is 5.95 Å². The monoisotopic (exact) mass is 555 g/mol. The zero-order chi connectivity index (χ0) is 26.9. The van der Waals surface area contributed by atoms with Crippen molar-refractivity contribution in [2.45, 2.75) is 31.6 Å². The Kier molecular flexibility index (Phi) is 10.3. The standard InChI is InChI=1S/C29H38ClN5O4/c30-25-7-4-23(5-8-25)6-9-26(21-33-14-17-37-18-15-33)34-10-12-35(13-11-34)29-31-19-24(20-32-29)27(36)22-39-28-3-1-2-16-38-28/h4-9,19-20,26,28H,1-3,10-18,21-22H2/b9-6+. The van der Waals surface area contributed by atoms with Crippen LogP contribution in [0.1, 0.15) is 35.2 Å². The lowest BCUT2D eigenvalue weighted by molar-refractivity contribution is -0.155. The maximum atomic E-state index is 12.5. The molecule has 0 amide bonds. The summed E-state index contributed by atoms with van der Waals surface area (Å²) in [7, 11) is 0. The fraction of sp³-hybridized carbons (Fsp3) is 0.552. The summed E-state index contributed by atoms with van der Waals surface area (Å²) in [6.45, 7) is 8.60. The van der Waals surface area contributed by atoms with Crippen molar-refractivity contribution in [1.82, 2.24) is 19.8 Å². The van der Waals surface area contributed by atoms with Crippen LogP contribution >= 0.6 is 11.6 Å². The van der Waals surface area contributed by atoms with Gasteiger partial charge < -0.3 is 19.1 Å². The Balaban J connectivity index is 1.15. The first-order chi connectivity index (χ1) is 19.1. The predicted molar refractivity (Wildman–Crippen MR) is 151 cm³/mol. The minimum absolute atomic E-state index is 0.0138. The number of rotatable bonds is 10. The van der Waals surface area contributed by atoms with Gasteiger partial charge in [-0.25, -0.2) is 9.97 Å². The lowest BCUT2D eigenvalue weighted by atomic mass is 10.1. The minimum Gasteiger partial charge on any atom is -0.379 e. The van der Waals surface area contributed by atoms with Crippen molar-refractivity contribution < 1.29 is 19.0 Å². The Morgan fingerprint density at radius 1 is 1.03 bits per heavy atom. The average Bonchev–Trinajstić information content (AvgIpc) is 3.00. The van der Waals surface area contributed by atoms with E-state index in [1.807, 2.05) is 24.3 Å². The van der Waals surface area contributed by atoms with E-state index >= 15 is 0 Å². The van der Waals surface area contributed by atoms with E-state index in [2.05, 4.69) is 36.8 Å². The van der Waals surface area contributed by atoms with Gasteiger partial charge >= 0.3 is 0 Å². The molecule has 3 saturated heterocycles. The van der Waals surface area contributed by atoms with E-state index < -0.39 is 0 Å². The number of anilines is 1. The van der Waals surface area contributed by atoms with Crippen molar-refractivity contribution in [1.29, 1.82) is 0 Å². The topological polar surface area (TPSA) is 80.3 Å². The van der Waals surface area contributed by atoms with Crippen LogP contribution in [0.25, 0.3) is 6.08 Å². The molecule has 3 aliphatic rings. The first-order valence-electron chi connectivity index (χ1n) is 14.0. The van der Waals surface area contributed by atoms with Crippen molar-refractivity contribution in [3.05, 3.63) is 58.9 Å². The van der Waals surface area contributed by atoms with Crippen LogP contribution in [0.15, 0.2) is 42.7 Å². The molecule has 3 aliphatic heterocycles. The van der Waals surface area contributed by atoms with Gasteiger partial charge in [-0.3, -0.25) is 14.6 Å². The number of carbonyl (C=O) groups excluding carboxylic acids is 1. The molecule has 210 valence electrons. The Hall–Kier alpha value is -2.40. The van der Waals surface area contributed by atoms with E-state index in [4.69, 9.17) is 25.8 Å². The van der Waals surface area contributed by atoms with Crippen LogP contribution in [0.3, 0.4) is 0 Å². The summed E-state index contributed by atoms with van der Waals surface area (Å²) in [5.74, 6) is 0.531. The summed E-state index contributed by atoms with van der Waals surface area (Å²) in [5.41, 5.74) is 1.61. The summed E-state index contributed by atoms with van der Waals surface area (Å²) in [5, 5.41) is 0.745. The summed E-state index contributed by atoms with van der Waals surface area (Å²) >= 11 is 6.06. The van der Waals surface area contributed by atoms with Gasteiger partial charge in [0.1, 0.15) is 6.61 Å². The van der Waals surface area contributed by atoms with E-state index in [1.165, 1.54) is 0 Å². The van der Waals surface area contributed by atoms with Crippen molar-refractivity contribution in [2.75, 3.05) is 77.1 Å². The number of halogens is 1. The molecule has 0 N–H and O–H groups in total. The van der Waals surface area contributed by atoms with Crippen molar-refractivity contribution in [2.24, 2.45) is 0 Å². The van der Waals surface area contributed by atoms with E-state index in [0.29, 0.717) is 18.1 Å². The average molecular weight is 556 g/mol. The van der Waals surface area contributed by atoms with E-state index in [1.54, 1.807) is 12.4 Å². The number of hydrogen-bond acceptors (Lipinski definition) is 9. The second-order valence-electron chi connectivity index (χ2n) is 10.2. The molecule has 1 aromatic carbocycles. The zero-order valence-electron chi connectivity index (χ0n) is 22.4. The van der Waals surface area contributed by atoms with E-state index in [9.17, 15) is 4.79 Å². The Bertz CT molecular complexity index is 1060. The Morgan fingerprint density at radius 2 is 1.77 bits per heavy atom. The highest BCUT2D eigenvalue weighted by molar-refractivity contribution is 6.30. The molecular formula is C29H38ClN5O4.